The van der Waals surface area contributed by atoms with E-state index in [0.717, 1.165) is 25.8 Å². The molecule has 1 unspecified atom stereocenters. The largest absolute Gasteiger partial charge is 0.314 e. The van der Waals surface area contributed by atoms with Crippen molar-refractivity contribution in [2.45, 2.75) is 53.0 Å². The van der Waals surface area contributed by atoms with Crippen LogP contribution in [-0.4, -0.2) is 32.5 Å². The molecule has 0 aromatic rings. The van der Waals surface area contributed by atoms with Crippen molar-refractivity contribution in [1.29, 1.82) is 0 Å². The van der Waals surface area contributed by atoms with Gasteiger partial charge in [-0.25, -0.2) is 8.42 Å². The highest BCUT2D eigenvalue weighted by Crippen LogP contribution is 2.07. The summed E-state index contributed by atoms with van der Waals surface area (Å²) in [5, 5.41) is 3.36. The second kappa shape index (κ2) is 8.07. The lowest BCUT2D eigenvalue weighted by Crippen LogP contribution is -2.28. The zero-order chi connectivity index (χ0) is 12.6. The van der Waals surface area contributed by atoms with E-state index in [9.17, 15) is 8.42 Å². The van der Waals surface area contributed by atoms with Crippen molar-refractivity contribution < 1.29 is 8.42 Å². The molecule has 0 amide bonds. The molecule has 0 fully saturated rings. The van der Waals surface area contributed by atoms with Gasteiger partial charge in [0.1, 0.15) is 0 Å². The molecule has 4 heteroatoms. The average Bonchev–Trinajstić information content (AvgIpc) is 2.14. The topological polar surface area (TPSA) is 46.2 Å². The lowest BCUT2D eigenvalue weighted by Gasteiger charge is -2.15. The second-order valence-corrected chi connectivity index (χ2v) is 7.04. The van der Waals surface area contributed by atoms with Gasteiger partial charge in [0.05, 0.1) is 11.5 Å². The van der Waals surface area contributed by atoms with Crippen molar-refractivity contribution in [2.24, 2.45) is 5.92 Å². The monoisotopic (exact) mass is 249 g/mol. The summed E-state index contributed by atoms with van der Waals surface area (Å²) in [6.45, 7) is 9.07. The molecule has 0 aliphatic heterocycles. The predicted molar refractivity (Wildman–Crippen MR) is 70.5 cm³/mol. The van der Waals surface area contributed by atoms with Gasteiger partial charge in [0.2, 0.25) is 0 Å². The van der Waals surface area contributed by atoms with Crippen LogP contribution in [0.5, 0.6) is 0 Å². The maximum absolute atomic E-state index is 11.6. The van der Waals surface area contributed by atoms with Gasteiger partial charge in [-0.3, -0.25) is 0 Å². The van der Waals surface area contributed by atoms with E-state index < -0.39 is 9.84 Å². The Morgan fingerprint density at radius 2 is 1.81 bits per heavy atom. The first-order chi connectivity index (χ1) is 7.41. The van der Waals surface area contributed by atoms with Crippen LogP contribution in [0.4, 0.5) is 0 Å². The van der Waals surface area contributed by atoms with Gasteiger partial charge in [-0.1, -0.05) is 27.7 Å². The molecule has 0 radical (unpaired) electrons. The van der Waals surface area contributed by atoms with Crippen molar-refractivity contribution in [2.75, 3.05) is 18.1 Å². The van der Waals surface area contributed by atoms with E-state index in [1.54, 1.807) is 0 Å². The van der Waals surface area contributed by atoms with E-state index in [2.05, 4.69) is 19.2 Å². The van der Waals surface area contributed by atoms with Gasteiger partial charge < -0.3 is 5.32 Å². The molecular weight excluding hydrogens is 222 g/mol. The van der Waals surface area contributed by atoms with Crippen LogP contribution in [0, 0.1) is 5.92 Å². The summed E-state index contributed by atoms with van der Waals surface area (Å²) in [7, 11) is -2.83. The summed E-state index contributed by atoms with van der Waals surface area (Å²) in [5.41, 5.74) is 0. The molecule has 0 bridgehead atoms. The summed E-state index contributed by atoms with van der Waals surface area (Å²) in [6, 6.07) is 0.472. The predicted octanol–water partition coefficient (Wildman–Crippen LogP) is 2.23. The Labute approximate surface area is 101 Å². The minimum absolute atomic E-state index is 0.237. The molecule has 0 aliphatic rings. The lowest BCUT2D eigenvalue weighted by atomic mass is 10.1. The third-order valence-electron chi connectivity index (χ3n) is 2.58. The van der Waals surface area contributed by atoms with Crippen LogP contribution in [0.1, 0.15) is 47.0 Å². The number of rotatable bonds is 9. The fraction of sp³-hybridized carbons (Fsp3) is 1.00. The summed E-state index contributed by atoms with van der Waals surface area (Å²) in [4.78, 5) is 0. The number of hydrogen-bond acceptors (Lipinski definition) is 3. The molecule has 0 aliphatic carbocycles. The zero-order valence-electron chi connectivity index (χ0n) is 11.1. The zero-order valence-corrected chi connectivity index (χ0v) is 11.9. The van der Waals surface area contributed by atoms with E-state index in [-0.39, 0.29) is 5.92 Å². The Kier molecular flexibility index (Phi) is 8.02. The Hall–Kier alpha value is -0.0900. The van der Waals surface area contributed by atoms with Gasteiger partial charge in [0.15, 0.2) is 9.84 Å². The molecular formula is C12H27NO2S. The molecule has 0 heterocycles. The minimum atomic E-state index is -2.83. The van der Waals surface area contributed by atoms with E-state index >= 15 is 0 Å². The number of nitrogens with one attached hydrogen (secondary N) is 1. The molecule has 0 saturated carbocycles. The summed E-state index contributed by atoms with van der Waals surface area (Å²) in [6.07, 6.45) is 2.81. The van der Waals surface area contributed by atoms with Crippen molar-refractivity contribution in [3.05, 3.63) is 0 Å². The van der Waals surface area contributed by atoms with E-state index in [1.807, 2.05) is 13.8 Å². The van der Waals surface area contributed by atoms with Gasteiger partial charge in [-0.05, 0) is 31.7 Å². The molecule has 1 N–H and O–H groups in total. The molecule has 98 valence electrons. The third-order valence-corrected chi connectivity index (χ3v) is 4.67. The maximum Gasteiger partial charge on any atom is 0.150 e. The third kappa shape index (κ3) is 8.11. The minimum Gasteiger partial charge on any atom is -0.314 e. The van der Waals surface area contributed by atoms with Gasteiger partial charge in [-0.15, -0.1) is 0 Å². The quantitative estimate of drug-likeness (QED) is 0.681. The van der Waals surface area contributed by atoms with Crippen LogP contribution >= 0.6 is 0 Å². The van der Waals surface area contributed by atoms with E-state index in [0.29, 0.717) is 17.5 Å². The molecule has 3 nitrogen and oxygen atoms in total. The molecule has 0 rings (SSSR count). The first-order valence-electron chi connectivity index (χ1n) is 6.35. The first kappa shape index (κ1) is 15.9. The smallest absolute Gasteiger partial charge is 0.150 e. The van der Waals surface area contributed by atoms with Crippen molar-refractivity contribution in [1.82, 2.24) is 5.32 Å². The van der Waals surface area contributed by atoms with Crippen molar-refractivity contribution >= 4 is 9.84 Å². The van der Waals surface area contributed by atoms with Crippen molar-refractivity contribution in [3.8, 4) is 0 Å². The van der Waals surface area contributed by atoms with Crippen LogP contribution < -0.4 is 5.32 Å². The van der Waals surface area contributed by atoms with Crippen LogP contribution in [0.25, 0.3) is 0 Å². The highest BCUT2D eigenvalue weighted by atomic mass is 32.2. The summed E-state index contributed by atoms with van der Waals surface area (Å²) in [5.74, 6) is 0.902. The van der Waals surface area contributed by atoms with E-state index in [4.69, 9.17) is 0 Å². The van der Waals surface area contributed by atoms with Gasteiger partial charge in [-0.2, -0.15) is 0 Å². The Morgan fingerprint density at radius 1 is 1.19 bits per heavy atom. The highest BCUT2D eigenvalue weighted by molar-refractivity contribution is 7.91. The molecule has 0 saturated heterocycles. The summed E-state index contributed by atoms with van der Waals surface area (Å²) < 4.78 is 23.3. The molecule has 1 atom stereocenters. The normalized spacial score (nSPS) is 14.3. The molecule has 0 spiro atoms. The van der Waals surface area contributed by atoms with Crippen molar-refractivity contribution in [3.63, 3.8) is 0 Å². The SMILES string of the molecule is CCNC(CC)CCCS(=O)(=O)CC(C)C. The van der Waals surface area contributed by atoms with Crippen LogP contribution in [0.3, 0.4) is 0 Å². The van der Waals surface area contributed by atoms with Crippen LogP contribution in [-0.2, 0) is 9.84 Å². The number of sulfone groups is 1. The molecule has 0 aromatic heterocycles. The highest BCUT2D eigenvalue weighted by Gasteiger charge is 2.14. The number of hydrogen-bond donors (Lipinski definition) is 1. The van der Waals surface area contributed by atoms with Crippen LogP contribution in [0.15, 0.2) is 0 Å². The van der Waals surface area contributed by atoms with Gasteiger partial charge >= 0.3 is 0 Å². The standard InChI is InChI=1S/C12H27NO2S/c1-5-12(13-6-2)8-7-9-16(14,15)10-11(3)4/h11-13H,5-10H2,1-4H3. The Morgan fingerprint density at radius 3 is 2.25 bits per heavy atom. The Bertz CT molecular complexity index is 260. The summed E-state index contributed by atoms with van der Waals surface area (Å²) >= 11 is 0. The maximum atomic E-state index is 11.6. The fourth-order valence-corrected chi connectivity index (χ4v) is 3.67. The van der Waals surface area contributed by atoms with E-state index in [1.165, 1.54) is 0 Å². The average molecular weight is 249 g/mol. The Balaban J connectivity index is 3.87. The van der Waals surface area contributed by atoms with Gasteiger partial charge in [0.25, 0.3) is 0 Å². The fourth-order valence-electron chi connectivity index (χ4n) is 1.88. The first-order valence-corrected chi connectivity index (χ1v) is 8.17. The van der Waals surface area contributed by atoms with Gasteiger partial charge in [0, 0.05) is 6.04 Å². The lowest BCUT2D eigenvalue weighted by molar-refractivity contribution is 0.474. The molecule has 16 heavy (non-hydrogen) atoms. The second-order valence-electron chi connectivity index (χ2n) is 4.81. The molecule has 0 aromatic carbocycles. The van der Waals surface area contributed by atoms with Crippen LogP contribution in [0.2, 0.25) is 0 Å².